The summed E-state index contributed by atoms with van der Waals surface area (Å²) in [6.45, 7) is 6.77. The van der Waals surface area contributed by atoms with Gasteiger partial charge in [0.2, 0.25) is 0 Å². The summed E-state index contributed by atoms with van der Waals surface area (Å²) in [5.74, 6) is 0.593. The molecular formula is C27H46O6. The molecule has 2 unspecified atom stereocenters. The molecule has 0 aliphatic heterocycles. The zero-order chi connectivity index (χ0) is 23.9. The third kappa shape index (κ3) is 3.49. The van der Waals surface area contributed by atoms with Crippen molar-refractivity contribution in [3.8, 4) is 0 Å². The van der Waals surface area contributed by atoms with Gasteiger partial charge in [-0.15, -0.1) is 0 Å². The highest BCUT2D eigenvalue weighted by molar-refractivity contribution is 5.21. The van der Waals surface area contributed by atoms with Crippen molar-refractivity contribution >= 4 is 0 Å². The van der Waals surface area contributed by atoms with Crippen molar-refractivity contribution in [1.82, 2.24) is 0 Å². The third-order valence-electron chi connectivity index (χ3n) is 11.7. The maximum atomic E-state index is 12.3. The van der Waals surface area contributed by atoms with Crippen LogP contribution < -0.4 is 0 Å². The molecule has 6 heteroatoms. The van der Waals surface area contributed by atoms with Crippen molar-refractivity contribution in [2.24, 2.45) is 52.3 Å². The highest BCUT2D eigenvalue weighted by Crippen LogP contribution is 2.69. The van der Waals surface area contributed by atoms with Crippen LogP contribution in [0, 0.1) is 52.3 Å². The van der Waals surface area contributed by atoms with E-state index in [0.717, 1.165) is 38.5 Å². The summed E-state index contributed by atoms with van der Waals surface area (Å²) in [5, 5.41) is 65.9. The lowest BCUT2D eigenvalue weighted by Crippen LogP contribution is -2.68. The Morgan fingerprint density at radius 2 is 1.61 bits per heavy atom. The van der Waals surface area contributed by atoms with Gasteiger partial charge in [0.05, 0.1) is 30.0 Å². The predicted octanol–water partition coefficient (Wildman–Crippen LogP) is 2.08. The van der Waals surface area contributed by atoms with E-state index >= 15 is 0 Å². The van der Waals surface area contributed by atoms with Crippen LogP contribution in [-0.2, 0) is 0 Å². The predicted molar refractivity (Wildman–Crippen MR) is 124 cm³/mol. The molecule has 0 aromatic rings. The Balaban J connectivity index is 1.42. The maximum absolute atomic E-state index is 12.3. The largest absolute Gasteiger partial charge is 0.396 e. The van der Waals surface area contributed by atoms with Crippen LogP contribution in [0.1, 0.15) is 78.6 Å². The fourth-order valence-electron chi connectivity index (χ4n) is 10.1. The Labute approximate surface area is 198 Å². The van der Waals surface area contributed by atoms with E-state index < -0.39 is 35.9 Å². The van der Waals surface area contributed by atoms with Crippen LogP contribution in [0.25, 0.3) is 0 Å². The Hall–Kier alpha value is -0.240. The molecule has 0 heterocycles. The summed E-state index contributed by atoms with van der Waals surface area (Å²) < 4.78 is 0. The second kappa shape index (κ2) is 8.14. The molecule has 0 amide bonds. The molecule has 14 atom stereocenters. The average molecular weight is 467 g/mol. The molecule has 0 bridgehead atoms. The van der Waals surface area contributed by atoms with Gasteiger partial charge in [0.1, 0.15) is 0 Å². The van der Waals surface area contributed by atoms with Crippen molar-refractivity contribution in [3.63, 3.8) is 0 Å². The van der Waals surface area contributed by atoms with Crippen molar-refractivity contribution < 1.29 is 30.6 Å². The molecule has 33 heavy (non-hydrogen) atoms. The number of hydrogen-bond acceptors (Lipinski definition) is 6. The standard InChI is InChI=1S/C27H46O6/c1-14(4-5-15-10-16(15)13-28)21-22(31)23(32)24-26(21,3)9-7-20-25(2)8-6-17(29)11-18(25)19(30)12-27(20,24)33/h14-24,28-33H,4-13H2,1-3H3/t14-,15?,16?,17+,18-,19+,20-,21+,22-,23+,24-,25+,26-,27+/m1/s1. The van der Waals surface area contributed by atoms with Crippen molar-refractivity contribution in [2.45, 2.75) is 109 Å². The fourth-order valence-corrected chi connectivity index (χ4v) is 10.1. The molecule has 0 saturated heterocycles. The van der Waals surface area contributed by atoms with Crippen LogP contribution in [0.5, 0.6) is 0 Å². The zero-order valence-electron chi connectivity index (χ0n) is 20.6. The quantitative estimate of drug-likeness (QED) is 0.369. The highest BCUT2D eigenvalue weighted by Gasteiger charge is 2.72. The van der Waals surface area contributed by atoms with E-state index in [1.807, 2.05) is 0 Å². The molecule has 5 aliphatic carbocycles. The van der Waals surface area contributed by atoms with Crippen LogP contribution in [0.15, 0.2) is 0 Å². The normalized spacial score (nSPS) is 58.8. The monoisotopic (exact) mass is 466 g/mol. The topological polar surface area (TPSA) is 121 Å². The van der Waals surface area contributed by atoms with Gasteiger partial charge in [-0.2, -0.15) is 0 Å². The second-order valence-corrected chi connectivity index (χ2v) is 13.4. The lowest BCUT2D eigenvalue weighted by molar-refractivity contribution is -0.264. The summed E-state index contributed by atoms with van der Waals surface area (Å²) in [6.07, 6.45) is 4.07. The summed E-state index contributed by atoms with van der Waals surface area (Å²) in [6, 6.07) is 0. The lowest BCUT2D eigenvalue weighted by atomic mass is 9.42. The molecule has 5 fully saturated rings. The van der Waals surface area contributed by atoms with Gasteiger partial charge in [-0.05, 0) is 91.3 Å². The van der Waals surface area contributed by atoms with E-state index in [1.54, 1.807) is 0 Å². The van der Waals surface area contributed by atoms with Crippen LogP contribution >= 0.6 is 0 Å². The minimum Gasteiger partial charge on any atom is -0.396 e. The Kier molecular flexibility index (Phi) is 6.03. The van der Waals surface area contributed by atoms with E-state index in [1.165, 1.54) is 0 Å². The molecule has 5 rings (SSSR count). The van der Waals surface area contributed by atoms with Gasteiger partial charge in [0.25, 0.3) is 0 Å². The van der Waals surface area contributed by atoms with Crippen LogP contribution in [0.2, 0.25) is 0 Å². The van der Waals surface area contributed by atoms with Crippen molar-refractivity contribution in [3.05, 3.63) is 0 Å². The molecular weight excluding hydrogens is 420 g/mol. The number of fused-ring (bicyclic) bond motifs is 5. The molecule has 6 N–H and O–H groups in total. The first-order valence-electron chi connectivity index (χ1n) is 13.5. The van der Waals surface area contributed by atoms with Gasteiger partial charge < -0.3 is 30.6 Å². The Morgan fingerprint density at radius 3 is 2.27 bits per heavy atom. The van der Waals surface area contributed by atoms with Gasteiger partial charge in [-0.1, -0.05) is 27.2 Å². The molecule has 5 aliphatic rings. The molecule has 0 aromatic heterocycles. The van der Waals surface area contributed by atoms with Crippen molar-refractivity contribution in [1.29, 1.82) is 0 Å². The summed E-state index contributed by atoms with van der Waals surface area (Å²) in [5.41, 5.74) is -1.87. The zero-order valence-corrected chi connectivity index (χ0v) is 20.6. The minimum absolute atomic E-state index is 0.0351. The van der Waals surface area contributed by atoms with Crippen LogP contribution in [-0.4, -0.2) is 67.3 Å². The first-order chi connectivity index (χ1) is 15.5. The molecule has 5 saturated carbocycles. The number of aliphatic hydroxyl groups excluding tert-OH is 5. The van der Waals surface area contributed by atoms with Gasteiger partial charge in [-0.25, -0.2) is 0 Å². The molecule has 190 valence electrons. The summed E-state index contributed by atoms with van der Waals surface area (Å²) >= 11 is 0. The second-order valence-electron chi connectivity index (χ2n) is 13.4. The molecule has 6 nitrogen and oxygen atoms in total. The van der Waals surface area contributed by atoms with Gasteiger partial charge in [-0.3, -0.25) is 0 Å². The third-order valence-corrected chi connectivity index (χ3v) is 11.7. The number of aliphatic hydroxyl groups is 6. The highest BCUT2D eigenvalue weighted by atomic mass is 16.3. The fraction of sp³-hybridized carbons (Fsp3) is 1.00. The van der Waals surface area contributed by atoms with E-state index in [9.17, 15) is 30.6 Å². The first-order valence-corrected chi connectivity index (χ1v) is 13.5. The lowest BCUT2D eigenvalue weighted by Gasteiger charge is -2.65. The Morgan fingerprint density at radius 1 is 0.909 bits per heavy atom. The van der Waals surface area contributed by atoms with Gasteiger partial charge in [0, 0.05) is 18.9 Å². The Bertz CT molecular complexity index is 746. The maximum Gasteiger partial charge on any atom is 0.0863 e. The smallest absolute Gasteiger partial charge is 0.0863 e. The van der Waals surface area contributed by atoms with E-state index in [0.29, 0.717) is 24.7 Å². The van der Waals surface area contributed by atoms with E-state index in [-0.39, 0.29) is 47.5 Å². The molecule has 0 spiro atoms. The SMILES string of the molecule is C[C@H](CCC1CC1CO)[C@H]1[C@@H](O)[C@H](O)[C@@H]2[C@]1(C)CC[C@@H]1[C@@]3(C)CC[C@H](O)C[C@@H]3[C@@H](O)C[C@]12O. The average Bonchev–Trinajstić information content (AvgIpc) is 3.47. The van der Waals surface area contributed by atoms with E-state index in [4.69, 9.17) is 0 Å². The van der Waals surface area contributed by atoms with Crippen LogP contribution in [0.4, 0.5) is 0 Å². The number of hydrogen-bond donors (Lipinski definition) is 6. The summed E-state index contributed by atoms with van der Waals surface area (Å²) in [4.78, 5) is 0. The first kappa shape index (κ1) is 24.5. The van der Waals surface area contributed by atoms with Gasteiger partial charge in [0.15, 0.2) is 0 Å². The van der Waals surface area contributed by atoms with Crippen molar-refractivity contribution in [2.75, 3.05) is 6.61 Å². The van der Waals surface area contributed by atoms with Crippen LogP contribution in [0.3, 0.4) is 0 Å². The summed E-state index contributed by atoms with van der Waals surface area (Å²) in [7, 11) is 0. The molecule has 0 radical (unpaired) electrons. The minimum atomic E-state index is -1.21. The van der Waals surface area contributed by atoms with Gasteiger partial charge >= 0.3 is 0 Å². The number of rotatable bonds is 5. The van der Waals surface area contributed by atoms with E-state index in [2.05, 4.69) is 20.8 Å². The molecule has 0 aromatic carbocycles.